The van der Waals surface area contributed by atoms with Crippen LogP contribution in [0.25, 0.3) is 0 Å². The Balaban J connectivity index is 1.61. The molecule has 1 saturated carbocycles. The van der Waals surface area contributed by atoms with E-state index in [-0.39, 0.29) is 0 Å². The van der Waals surface area contributed by atoms with Gasteiger partial charge in [0.1, 0.15) is 0 Å². The molecule has 2 aliphatic rings. The Hall–Kier alpha value is 0.270. The molecule has 0 atom stereocenters. The maximum Gasteiger partial charge on any atom is 0.0116 e. The van der Waals surface area contributed by atoms with Crippen LogP contribution in [0.2, 0.25) is 0 Å². The molecule has 0 unspecified atom stereocenters. The van der Waals surface area contributed by atoms with Crippen molar-refractivity contribution in [2.75, 3.05) is 31.9 Å². The van der Waals surface area contributed by atoms with Crippen molar-refractivity contribution in [1.29, 1.82) is 0 Å². The number of hydrogen-bond acceptors (Lipinski definition) is 3. The predicted molar refractivity (Wildman–Crippen MR) is 82.5 cm³/mol. The van der Waals surface area contributed by atoms with E-state index < -0.39 is 0 Å². The molecule has 2 fully saturated rings. The lowest BCUT2D eigenvalue weighted by atomic mass is 9.95. The van der Waals surface area contributed by atoms with E-state index in [1.165, 1.54) is 70.5 Å². The van der Waals surface area contributed by atoms with Crippen molar-refractivity contribution < 1.29 is 0 Å². The Morgan fingerprint density at radius 1 is 1.17 bits per heavy atom. The third kappa shape index (κ3) is 5.10. The van der Waals surface area contributed by atoms with Crippen LogP contribution in [0.1, 0.15) is 52.4 Å². The fourth-order valence-electron chi connectivity index (χ4n) is 3.02. The zero-order chi connectivity index (χ0) is 12.8. The van der Waals surface area contributed by atoms with Gasteiger partial charge in [0.25, 0.3) is 0 Å². The summed E-state index contributed by atoms with van der Waals surface area (Å²) in [6.07, 6.45) is 8.47. The van der Waals surface area contributed by atoms with E-state index in [1.807, 2.05) is 0 Å². The fraction of sp³-hybridized carbons (Fsp3) is 1.00. The highest BCUT2D eigenvalue weighted by Gasteiger charge is 2.23. The number of rotatable bonds is 4. The minimum Gasteiger partial charge on any atom is -0.313 e. The Kier molecular flexibility index (Phi) is 5.84. The molecule has 18 heavy (non-hydrogen) atoms. The lowest BCUT2D eigenvalue weighted by Gasteiger charge is -2.26. The van der Waals surface area contributed by atoms with Crippen molar-refractivity contribution in [2.24, 2.45) is 0 Å². The molecule has 106 valence electrons. The average Bonchev–Trinajstić information content (AvgIpc) is 2.52. The molecule has 0 amide bonds. The summed E-state index contributed by atoms with van der Waals surface area (Å²) in [5, 5.41) is 3.76. The van der Waals surface area contributed by atoms with E-state index in [1.54, 1.807) is 0 Å². The van der Waals surface area contributed by atoms with E-state index in [4.69, 9.17) is 0 Å². The topological polar surface area (TPSA) is 15.3 Å². The highest BCUT2D eigenvalue weighted by molar-refractivity contribution is 8.00. The van der Waals surface area contributed by atoms with Crippen LogP contribution in [0.5, 0.6) is 0 Å². The average molecular weight is 270 g/mol. The third-order valence-electron chi connectivity index (χ3n) is 4.40. The second-order valence-corrected chi connectivity index (χ2v) is 8.29. The molecule has 2 rings (SSSR count). The summed E-state index contributed by atoms with van der Waals surface area (Å²) in [5.74, 6) is 1.30. The molecule has 0 spiro atoms. The Labute approximate surface area is 117 Å². The monoisotopic (exact) mass is 270 g/mol. The summed E-state index contributed by atoms with van der Waals surface area (Å²) in [4.78, 5) is 2.65. The zero-order valence-corrected chi connectivity index (χ0v) is 13.0. The van der Waals surface area contributed by atoms with Crippen LogP contribution < -0.4 is 5.32 Å². The van der Waals surface area contributed by atoms with Gasteiger partial charge in [0.15, 0.2) is 0 Å². The van der Waals surface area contributed by atoms with Gasteiger partial charge in [0.05, 0.1) is 0 Å². The van der Waals surface area contributed by atoms with Gasteiger partial charge in [-0.1, -0.05) is 33.1 Å². The summed E-state index contributed by atoms with van der Waals surface area (Å²) < 4.78 is 0.492. The van der Waals surface area contributed by atoms with Crippen LogP contribution in [-0.4, -0.2) is 47.6 Å². The van der Waals surface area contributed by atoms with Crippen LogP contribution in [0.4, 0.5) is 0 Å². The van der Waals surface area contributed by atoms with Gasteiger partial charge < -0.3 is 10.2 Å². The van der Waals surface area contributed by atoms with Crippen molar-refractivity contribution >= 4 is 11.8 Å². The zero-order valence-electron chi connectivity index (χ0n) is 12.2. The predicted octanol–water partition coefficient (Wildman–Crippen LogP) is 3.13. The molecule has 1 aliphatic heterocycles. The lowest BCUT2D eigenvalue weighted by Crippen LogP contribution is -2.39. The van der Waals surface area contributed by atoms with Crippen LogP contribution in [0, 0.1) is 0 Å². The van der Waals surface area contributed by atoms with Crippen LogP contribution in [-0.2, 0) is 0 Å². The molecular weight excluding hydrogens is 240 g/mol. The first-order chi connectivity index (χ1) is 8.66. The van der Waals surface area contributed by atoms with Gasteiger partial charge in [-0.2, -0.15) is 11.8 Å². The molecule has 2 nitrogen and oxygen atoms in total. The van der Waals surface area contributed by atoms with Gasteiger partial charge in [-0.3, -0.25) is 0 Å². The fourth-order valence-corrected chi connectivity index (χ4v) is 4.16. The SMILES string of the molecule is CC1(C)CCN(CCNC2CCCCC2)CCS1. The Bertz CT molecular complexity index is 237. The van der Waals surface area contributed by atoms with Crippen LogP contribution in [0.3, 0.4) is 0 Å². The standard InChI is InChI=1S/C15H30N2S/c1-15(2)8-10-17(12-13-18-15)11-9-16-14-6-4-3-5-7-14/h14,16H,3-13H2,1-2H3. The summed E-state index contributed by atoms with van der Waals surface area (Å²) in [6, 6.07) is 0.816. The molecule has 0 radical (unpaired) electrons. The van der Waals surface area contributed by atoms with Crippen molar-refractivity contribution in [1.82, 2.24) is 10.2 Å². The second kappa shape index (κ2) is 7.16. The molecule has 0 bridgehead atoms. The highest BCUT2D eigenvalue weighted by atomic mass is 32.2. The third-order valence-corrected chi connectivity index (χ3v) is 5.77. The van der Waals surface area contributed by atoms with E-state index in [9.17, 15) is 0 Å². The number of hydrogen-bond donors (Lipinski definition) is 1. The molecule has 1 saturated heterocycles. The molecule has 0 aromatic rings. The first-order valence-electron chi connectivity index (χ1n) is 7.75. The molecule has 0 aromatic heterocycles. The number of nitrogens with one attached hydrogen (secondary N) is 1. The van der Waals surface area contributed by atoms with E-state index in [2.05, 4.69) is 35.8 Å². The van der Waals surface area contributed by atoms with E-state index in [0.29, 0.717) is 4.75 Å². The van der Waals surface area contributed by atoms with Crippen molar-refractivity contribution in [2.45, 2.75) is 63.2 Å². The van der Waals surface area contributed by atoms with E-state index in [0.717, 1.165) is 6.04 Å². The molecule has 3 heteroatoms. The maximum absolute atomic E-state index is 3.76. The first-order valence-corrected chi connectivity index (χ1v) is 8.74. The molecule has 1 N–H and O–H groups in total. The summed E-state index contributed by atoms with van der Waals surface area (Å²) in [7, 11) is 0. The summed E-state index contributed by atoms with van der Waals surface area (Å²) >= 11 is 2.14. The highest BCUT2D eigenvalue weighted by Crippen LogP contribution is 2.30. The van der Waals surface area contributed by atoms with Gasteiger partial charge in [-0.05, 0) is 25.8 Å². The Morgan fingerprint density at radius 3 is 2.72 bits per heavy atom. The second-order valence-electron chi connectivity index (χ2n) is 6.49. The molecule has 1 heterocycles. The lowest BCUT2D eigenvalue weighted by molar-refractivity contribution is 0.270. The van der Waals surface area contributed by atoms with Gasteiger partial charge in [-0.15, -0.1) is 0 Å². The van der Waals surface area contributed by atoms with Crippen molar-refractivity contribution in [3.8, 4) is 0 Å². The largest absolute Gasteiger partial charge is 0.313 e. The van der Waals surface area contributed by atoms with Gasteiger partial charge in [0, 0.05) is 36.2 Å². The van der Waals surface area contributed by atoms with Gasteiger partial charge >= 0.3 is 0 Å². The summed E-state index contributed by atoms with van der Waals surface area (Å²) in [5.41, 5.74) is 0. The normalized spacial score (nSPS) is 27.0. The maximum atomic E-state index is 3.76. The van der Waals surface area contributed by atoms with Crippen LogP contribution >= 0.6 is 11.8 Å². The smallest absolute Gasteiger partial charge is 0.0116 e. The van der Waals surface area contributed by atoms with Gasteiger partial charge in [-0.25, -0.2) is 0 Å². The van der Waals surface area contributed by atoms with Crippen molar-refractivity contribution in [3.63, 3.8) is 0 Å². The first kappa shape index (κ1) is 14.7. The minimum atomic E-state index is 0.492. The number of thioether (sulfide) groups is 1. The molecule has 0 aromatic carbocycles. The molecular formula is C15H30N2S. The van der Waals surface area contributed by atoms with Gasteiger partial charge in [0.2, 0.25) is 0 Å². The minimum absolute atomic E-state index is 0.492. The Morgan fingerprint density at radius 2 is 1.94 bits per heavy atom. The number of nitrogens with zero attached hydrogens (tertiary/aromatic N) is 1. The summed E-state index contributed by atoms with van der Waals surface area (Å²) in [6.45, 7) is 9.78. The molecule has 1 aliphatic carbocycles. The van der Waals surface area contributed by atoms with Crippen LogP contribution in [0.15, 0.2) is 0 Å². The quantitative estimate of drug-likeness (QED) is 0.845. The van der Waals surface area contributed by atoms with E-state index >= 15 is 0 Å². The van der Waals surface area contributed by atoms with Crippen molar-refractivity contribution in [3.05, 3.63) is 0 Å².